The molecule has 2 aromatic carbocycles. The topological polar surface area (TPSA) is 54.4 Å². The van der Waals surface area contributed by atoms with Crippen LogP contribution in [0.2, 0.25) is 0 Å². The number of allylic oxidation sites excluding steroid dienone is 1. The van der Waals surface area contributed by atoms with E-state index in [1.807, 2.05) is 0 Å². The van der Waals surface area contributed by atoms with E-state index < -0.39 is 23.0 Å². The van der Waals surface area contributed by atoms with Crippen LogP contribution in [0, 0.1) is 18.6 Å². The minimum atomic E-state index is -1.48. The van der Waals surface area contributed by atoms with Crippen molar-refractivity contribution < 1.29 is 23.5 Å². The number of Topliss-reactive ketones (excluding diaryl/α,β-unsaturated/α-hetero) is 1. The van der Waals surface area contributed by atoms with E-state index >= 15 is 0 Å². The molecule has 1 atom stereocenters. The highest BCUT2D eigenvalue weighted by atomic mass is 19.1. The van der Waals surface area contributed by atoms with E-state index in [9.17, 15) is 23.5 Å². The van der Waals surface area contributed by atoms with Crippen molar-refractivity contribution in [3.63, 3.8) is 0 Å². The fourth-order valence-electron chi connectivity index (χ4n) is 3.35. The molecule has 1 aliphatic carbocycles. The standard InChI is InChI=1S/C20H16F2O3/c1-12-16(3-2-4-17(12)22)20(19(24)25)10-14(18(23)11-20)9-13-5-7-15(21)8-6-13/h2-9H,10-11H2,1H3,(H,24,25). The number of hydrogen-bond acceptors (Lipinski definition) is 2. The fourth-order valence-corrected chi connectivity index (χ4v) is 3.35. The van der Waals surface area contributed by atoms with Gasteiger partial charge in [0.1, 0.15) is 17.0 Å². The summed E-state index contributed by atoms with van der Waals surface area (Å²) in [6.45, 7) is 1.52. The van der Waals surface area contributed by atoms with Crippen molar-refractivity contribution in [1.82, 2.24) is 0 Å². The highest BCUT2D eigenvalue weighted by Gasteiger charge is 2.50. The summed E-state index contributed by atoms with van der Waals surface area (Å²) < 4.78 is 26.9. The average Bonchev–Trinajstić information content (AvgIpc) is 2.90. The Labute approximate surface area is 143 Å². The molecule has 0 radical (unpaired) electrons. The molecule has 0 spiro atoms. The molecule has 0 aromatic heterocycles. The van der Waals surface area contributed by atoms with Gasteiger partial charge < -0.3 is 5.11 Å². The van der Waals surface area contributed by atoms with Crippen molar-refractivity contribution in [3.05, 3.63) is 76.4 Å². The number of halogens is 2. The summed E-state index contributed by atoms with van der Waals surface area (Å²) in [5.74, 6) is -2.34. The smallest absolute Gasteiger partial charge is 0.314 e. The molecule has 25 heavy (non-hydrogen) atoms. The summed E-state index contributed by atoms with van der Waals surface area (Å²) in [7, 11) is 0. The molecule has 0 amide bonds. The summed E-state index contributed by atoms with van der Waals surface area (Å²) in [5.41, 5.74) is 0.0333. The van der Waals surface area contributed by atoms with Crippen LogP contribution in [0.15, 0.2) is 48.0 Å². The Bertz CT molecular complexity index is 884. The summed E-state index contributed by atoms with van der Waals surface area (Å²) in [6.07, 6.45) is 1.32. The molecule has 1 aliphatic rings. The largest absolute Gasteiger partial charge is 0.481 e. The number of carboxylic acid groups (broad SMARTS) is 1. The lowest BCUT2D eigenvalue weighted by Gasteiger charge is -2.25. The quantitative estimate of drug-likeness (QED) is 0.857. The van der Waals surface area contributed by atoms with Crippen molar-refractivity contribution >= 4 is 17.8 Å². The van der Waals surface area contributed by atoms with E-state index in [-0.39, 0.29) is 24.2 Å². The Hall–Kier alpha value is -2.82. The second-order valence-corrected chi connectivity index (χ2v) is 6.30. The van der Waals surface area contributed by atoms with E-state index in [2.05, 4.69) is 0 Å². The van der Waals surface area contributed by atoms with Gasteiger partial charge in [0.15, 0.2) is 5.78 Å². The lowest BCUT2D eigenvalue weighted by atomic mass is 9.76. The van der Waals surface area contributed by atoms with Gasteiger partial charge in [-0.1, -0.05) is 24.3 Å². The molecule has 0 saturated heterocycles. The third-order valence-corrected chi connectivity index (χ3v) is 4.72. The van der Waals surface area contributed by atoms with Crippen LogP contribution < -0.4 is 0 Å². The van der Waals surface area contributed by atoms with Gasteiger partial charge in [0.25, 0.3) is 0 Å². The molecule has 1 unspecified atom stereocenters. The number of carbonyl (C=O) groups is 2. The number of carbonyl (C=O) groups excluding carboxylic acids is 1. The van der Waals surface area contributed by atoms with Crippen molar-refractivity contribution in [2.45, 2.75) is 25.2 Å². The maximum Gasteiger partial charge on any atom is 0.314 e. The van der Waals surface area contributed by atoms with Crippen LogP contribution in [0.1, 0.15) is 29.5 Å². The van der Waals surface area contributed by atoms with Crippen molar-refractivity contribution in [2.24, 2.45) is 0 Å². The predicted molar refractivity (Wildman–Crippen MR) is 89.1 cm³/mol. The monoisotopic (exact) mass is 342 g/mol. The second-order valence-electron chi connectivity index (χ2n) is 6.30. The first kappa shape index (κ1) is 17.0. The zero-order valence-electron chi connectivity index (χ0n) is 13.6. The predicted octanol–water partition coefficient (Wildman–Crippen LogP) is 4.04. The van der Waals surface area contributed by atoms with Gasteiger partial charge in [-0.25, -0.2) is 8.78 Å². The zero-order valence-corrected chi connectivity index (χ0v) is 13.6. The lowest BCUT2D eigenvalue weighted by Crippen LogP contribution is -2.34. The van der Waals surface area contributed by atoms with Gasteiger partial charge in [0, 0.05) is 6.42 Å². The first-order valence-corrected chi connectivity index (χ1v) is 7.82. The van der Waals surface area contributed by atoms with E-state index in [1.54, 1.807) is 12.1 Å². The Balaban J connectivity index is 2.06. The Morgan fingerprint density at radius 3 is 2.44 bits per heavy atom. The molecule has 3 rings (SSSR count). The molecule has 2 aromatic rings. The average molecular weight is 342 g/mol. The van der Waals surface area contributed by atoms with E-state index in [0.29, 0.717) is 16.7 Å². The van der Waals surface area contributed by atoms with Gasteiger partial charge in [0.2, 0.25) is 0 Å². The maximum atomic E-state index is 13.9. The van der Waals surface area contributed by atoms with Crippen LogP contribution in [-0.2, 0) is 15.0 Å². The van der Waals surface area contributed by atoms with Crippen molar-refractivity contribution in [2.75, 3.05) is 0 Å². The number of carboxylic acids is 1. The van der Waals surface area contributed by atoms with Gasteiger partial charge in [-0.3, -0.25) is 9.59 Å². The van der Waals surface area contributed by atoms with E-state index in [1.165, 1.54) is 43.3 Å². The third kappa shape index (κ3) is 2.97. The molecule has 0 aliphatic heterocycles. The number of benzene rings is 2. The first-order valence-electron chi connectivity index (χ1n) is 7.82. The van der Waals surface area contributed by atoms with Gasteiger partial charge in [-0.2, -0.15) is 0 Å². The molecule has 0 heterocycles. The number of hydrogen-bond donors (Lipinski definition) is 1. The lowest BCUT2D eigenvalue weighted by molar-refractivity contribution is -0.144. The molecule has 128 valence electrons. The zero-order chi connectivity index (χ0) is 18.2. The summed E-state index contributed by atoms with van der Waals surface area (Å²) in [4.78, 5) is 24.5. The molecule has 5 heteroatoms. The van der Waals surface area contributed by atoms with Crippen LogP contribution in [0.4, 0.5) is 8.78 Å². The highest BCUT2D eigenvalue weighted by Crippen LogP contribution is 2.44. The summed E-state index contributed by atoms with van der Waals surface area (Å²) in [6, 6.07) is 9.85. The number of rotatable bonds is 3. The van der Waals surface area contributed by atoms with Gasteiger partial charge in [-0.05, 0) is 59.9 Å². The highest BCUT2D eigenvalue weighted by molar-refractivity contribution is 6.07. The fraction of sp³-hybridized carbons (Fsp3) is 0.200. The first-order chi connectivity index (χ1) is 11.8. The molecular formula is C20H16F2O3. The van der Waals surface area contributed by atoms with Crippen LogP contribution in [-0.4, -0.2) is 16.9 Å². The minimum absolute atomic E-state index is 0.0250. The van der Waals surface area contributed by atoms with Gasteiger partial charge >= 0.3 is 5.97 Å². The molecule has 1 N–H and O–H groups in total. The van der Waals surface area contributed by atoms with Crippen LogP contribution in [0.5, 0.6) is 0 Å². The Kier molecular flexibility index (Phi) is 4.25. The normalized spacial score (nSPS) is 21.7. The SMILES string of the molecule is Cc1c(F)cccc1C1(C(=O)O)CC(=O)C(=Cc2ccc(F)cc2)C1. The van der Waals surface area contributed by atoms with Crippen LogP contribution >= 0.6 is 0 Å². The van der Waals surface area contributed by atoms with Gasteiger partial charge in [-0.15, -0.1) is 0 Å². The molecule has 1 fully saturated rings. The molecular weight excluding hydrogens is 326 g/mol. The number of ketones is 1. The van der Waals surface area contributed by atoms with E-state index in [0.717, 1.165) is 0 Å². The second kappa shape index (κ2) is 6.24. The molecule has 0 bridgehead atoms. The summed E-state index contributed by atoms with van der Waals surface area (Å²) in [5, 5.41) is 9.82. The third-order valence-electron chi connectivity index (χ3n) is 4.72. The Morgan fingerprint density at radius 2 is 1.80 bits per heavy atom. The summed E-state index contributed by atoms with van der Waals surface area (Å²) >= 11 is 0. The molecule has 1 saturated carbocycles. The number of aliphatic carboxylic acids is 1. The van der Waals surface area contributed by atoms with Gasteiger partial charge in [0.05, 0.1) is 0 Å². The minimum Gasteiger partial charge on any atom is -0.481 e. The van der Waals surface area contributed by atoms with Crippen LogP contribution in [0.25, 0.3) is 6.08 Å². The molecule has 3 nitrogen and oxygen atoms in total. The maximum absolute atomic E-state index is 13.9. The Morgan fingerprint density at radius 1 is 1.12 bits per heavy atom. The van der Waals surface area contributed by atoms with Crippen LogP contribution in [0.3, 0.4) is 0 Å². The van der Waals surface area contributed by atoms with Crippen molar-refractivity contribution in [3.8, 4) is 0 Å². The van der Waals surface area contributed by atoms with E-state index in [4.69, 9.17) is 0 Å². The van der Waals surface area contributed by atoms with Crippen molar-refractivity contribution in [1.29, 1.82) is 0 Å².